The van der Waals surface area contributed by atoms with Crippen LogP contribution in [0.2, 0.25) is 0 Å². The van der Waals surface area contributed by atoms with Crippen molar-refractivity contribution in [3.05, 3.63) is 46.9 Å². The number of nitrogens with two attached hydrogens (primary N) is 1. The molecule has 3 rings (SSSR count). The van der Waals surface area contributed by atoms with Crippen LogP contribution in [0.25, 0.3) is 0 Å². The molecule has 1 aromatic carbocycles. The smallest absolute Gasteiger partial charge is 0.249 e. The van der Waals surface area contributed by atoms with Gasteiger partial charge in [0.25, 0.3) is 0 Å². The van der Waals surface area contributed by atoms with Crippen molar-refractivity contribution in [3.8, 4) is 0 Å². The Kier molecular flexibility index (Phi) is 7.00. The van der Waals surface area contributed by atoms with E-state index < -0.39 is 28.9 Å². The largest absolute Gasteiger partial charge is 0.384 e. The van der Waals surface area contributed by atoms with Crippen molar-refractivity contribution in [2.24, 2.45) is 5.73 Å². The first-order valence-electron chi connectivity index (χ1n) is 10.1. The quantitative estimate of drug-likeness (QED) is 0.634. The van der Waals surface area contributed by atoms with E-state index in [1.165, 1.54) is 0 Å². The second-order valence-corrected chi connectivity index (χ2v) is 8.54. The fourth-order valence-electron chi connectivity index (χ4n) is 3.81. The van der Waals surface area contributed by atoms with Gasteiger partial charge in [-0.05, 0) is 30.9 Å². The van der Waals surface area contributed by atoms with Gasteiger partial charge >= 0.3 is 0 Å². The Bertz CT molecular complexity index is 935. The van der Waals surface area contributed by atoms with Crippen LogP contribution in [0.1, 0.15) is 56.4 Å². The molecule has 0 spiro atoms. The normalized spacial score (nSPS) is 17.9. The number of likely N-dealkylation sites (tertiary alicyclic amines) is 1. The molecule has 170 valence electrons. The molecule has 0 aliphatic carbocycles. The van der Waals surface area contributed by atoms with Gasteiger partial charge in [0, 0.05) is 32.2 Å². The topological polar surface area (TPSA) is 94.5 Å². The van der Waals surface area contributed by atoms with Gasteiger partial charge in [-0.2, -0.15) is 4.98 Å². The summed E-state index contributed by atoms with van der Waals surface area (Å²) in [4.78, 5) is 19.0. The molecule has 1 aromatic heterocycles. The average Bonchev–Trinajstić information content (AvgIpc) is 3.35. The van der Waals surface area contributed by atoms with Crippen molar-refractivity contribution in [2.75, 3.05) is 20.3 Å². The highest BCUT2D eigenvalue weighted by atomic mass is 19.2. The number of carbonyl (C=O) groups is 1. The Morgan fingerprint density at radius 1 is 1.32 bits per heavy atom. The van der Waals surface area contributed by atoms with Gasteiger partial charge in [-0.1, -0.05) is 19.0 Å². The first kappa shape index (κ1) is 23.2. The number of aromatic nitrogens is 2. The molecule has 10 heteroatoms. The standard InChI is InChI=1S/C21H27F3N4O3/c1-21(2,11-30-3)20-26-19(31-27-20)17-5-4-6-28(17)18(29)9-13(25)7-12-8-15(23)16(24)10-14(12)22/h8,10,13,17H,4-7,9,11,25H2,1-3H3/t13-,17+/m1/s1. The molecule has 1 aliphatic heterocycles. The summed E-state index contributed by atoms with van der Waals surface area (Å²) >= 11 is 0. The van der Waals surface area contributed by atoms with Crippen LogP contribution in [-0.4, -0.2) is 47.3 Å². The lowest BCUT2D eigenvalue weighted by molar-refractivity contribution is -0.132. The Morgan fingerprint density at radius 3 is 2.74 bits per heavy atom. The first-order valence-corrected chi connectivity index (χ1v) is 10.1. The number of rotatable bonds is 8. The molecule has 2 N–H and O–H groups in total. The van der Waals surface area contributed by atoms with Crippen molar-refractivity contribution in [1.82, 2.24) is 15.0 Å². The zero-order valence-electron chi connectivity index (χ0n) is 17.8. The number of amides is 1. The molecule has 0 unspecified atom stereocenters. The van der Waals surface area contributed by atoms with Crippen molar-refractivity contribution >= 4 is 5.91 Å². The monoisotopic (exact) mass is 440 g/mol. The Labute approximate surface area is 178 Å². The lowest BCUT2D eigenvalue weighted by atomic mass is 9.94. The van der Waals surface area contributed by atoms with E-state index in [-0.39, 0.29) is 30.4 Å². The van der Waals surface area contributed by atoms with Crippen LogP contribution in [-0.2, 0) is 21.4 Å². The number of benzene rings is 1. The number of halogens is 3. The van der Waals surface area contributed by atoms with Crippen LogP contribution in [0.5, 0.6) is 0 Å². The molecule has 1 saturated heterocycles. The summed E-state index contributed by atoms with van der Waals surface area (Å²) in [6.45, 7) is 4.78. The number of hydrogen-bond acceptors (Lipinski definition) is 6. The molecule has 2 heterocycles. The van der Waals surface area contributed by atoms with E-state index in [2.05, 4.69) is 10.1 Å². The van der Waals surface area contributed by atoms with E-state index in [0.29, 0.717) is 37.4 Å². The van der Waals surface area contributed by atoms with E-state index in [1.807, 2.05) is 13.8 Å². The molecule has 1 aliphatic rings. The molecule has 7 nitrogen and oxygen atoms in total. The summed E-state index contributed by atoms with van der Waals surface area (Å²) < 4.78 is 51.0. The van der Waals surface area contributed by atoms with Gasteiger partial charge < -0.3 is 19.9 Å². The van der Waals surface area contributed by atoms with E-state index in [9.17, 15) is 18.0 Å². The fourth-order valence-corrected chi connectivity index (χ4v) is 3.81. The van der Waals surface area contributed by atoms with Crippen LogP contribution in [0.3, 0.4) is 0 Å². The zero-order chi connectivity index (χ0) is 22.8. The van der Waals surface area contributed by atoms with Gasteiger partial charge in [-0.15, -0.1) is 0 Å². The van der Waals surface area contributed by atoms with Crippen LogP contribution in [0.15, 0.2) is 16.7 Å². The molecule has 0 saturated carbocycles. The van der Waals surface area contributed by atoms with Gasteiger partial charge in [0.15, 0.2) is 17.5 Å². The molecule has 2 aromatic rings. The third kappa shape index (κ3) is 5.24. The maximum absolute atomic E-state index is 13.9. The SMILES string of the molecule is COCC(C)(C)c1noc([C@@H]2CCCN2C(=O)C[C@H](N)Cc2cc(F)c(F)cc2F)n1. The van der Waals surface area contributed by atoms with E-state index in [0.717, 1.165) is 12.5 Å². The number of hydrogen-bond donors (Lipinski definition) is 1. The number of ether oxygens (including phenoxy) is 1. The van der Waals surface area contributed by atoms with Crippen LogP contribution in [0.4, 0.5) is 13.2 Å². The van der Waals surface area contributed by atoms with E-state index in [1.54, 1.807) is 12.0 Å². The van der Waals surface area contributed by atoms with Crippen LogP contribution in [0, 0.1) is 17.5 Å². The minimum Gasteiger partial charge on any atom is -0.384 e. The summed E-state index contributed by atoms with van der Waals surface area (Å²) in [5.74, 6) is -2.71. The molecule has 31 heavy (non-hydrogen) atoms. The molecule has 1 fully saturated rings. The maximum Gasteiger partial charge on any atom is 0.249 e. The zero-order valence-corrected chi connectivity index (χ0v) is 17.8. The van der Waals surface area contributed by atoms with Crippen molar-refractivity contribution < 1.29 is 27.2 Å². The maximum atomic E-state index is 13.9. The number of nitrogens with zero attached hydrogens (tertiary/aromatic N) is 3. The summed E-state index contributed by atoms with van der Waals surface area (Å²) in [6.07, 6.45) is 1.27. The molecular formula is C21H27F3N4O3. The van der Waals surface area contributed by atoms with Gasteiger partial charge in [0.1, 0.15) is 11.9 Å². The van der Waals surface area contributed by atoms with Crippen molar-refractivity contribution in [2.45, 2.75) is 57.0 Å². The number of methoxy groups -OCH3 is 1. The predicted octanol–water partition coefficient (Wildman–Crippen LogP) is 3.03. The summed E-state index contributed by atoms with van der Waals surface area (Å²) in [6, 6.07) is 0.134. The summed E-state index contributed by atoms with van der Waals surface area (Å²) in [7, 11) is 1.59. The molecule has 1 amide bonds. The third-order valence-corrected chi connectivity index (χ3v) is 5.42. The number of carbonyl (C=O) groups excluding carboxylic acids is 1. The van der Waals surface area contributed by atoms with Gasteiger partial charge in [0.05, 0.1) is 12.0 Å². The second kappa shape index (κ2) is 9.35. The summed E-state index contributed by atoms with van der Waals surface area (Å²) in [5, 5.41) is 4.05. The first-order chi connectivity index (χ1) is 14.6. The Hall–Kier alpha value is -2.46. The summed E-state index contributed by atoms with van der Waals surface area (Å²) in [5.41, 5.74) is 5.50. The lowest BCUT2D eigenvalue weighted by Gasteiger charge is -2.24. The van der Waals surface area contributed by atoms with Crippen molar-refractivity contribution in [3.63, 3.8) is 0 Å². The highest BCUT2D eigenvalue weighted by Crippen LogP contribution is 2.33. The van der Waals surface area contributed by atoms with Gasteiger partial charge in [-0.25, -0.2) is 13.2 Å². The molecular weight excluding hydrogens is 413 g/mol. The van der Waals surface area contributed by atoms with Crippen LogP contribution < -0.4 is 5.73 Å². The lowest BCUT2D eigenvalue weighted by Crippen LogP contribution is -2.36. The Morgan fingerprint density at radius 2 is 2.03 bits per heavy atom. The highest BCUT2D eigenvalue weighted by molar-refractivity contribution is 5.77. The minimum absolute atomic E-state index is 0.0703. The predicted molar refractivity (Wildman–Crippen MR) is 106 cm³/mol. The highest BCUT2D eigenvalue weighted by Gasteiger charge is 2.36. The van der Waals surface area contributed by atoms with E-state index in [4.69, 9.17) is 15.0 Å². The minimum atomic E-state index is -1.27. The fraction of sp³-hybridized carbons (Fsp3) is 0.571. The van der Waals surface area contributed by atoms with E-state index >= 15 is 0 Å². The molecule has 0 radical (unpaired) electrons. The van der Waals surface area contributed by atoms with Crippen LogP contribution >= 0.6 is 0 Å². The third-order valence-electron chi connectivity index (χ3n) is 5.42. The Balaban J connectivity index is 1.66. The second-order valence-electron chi connectivity index (χ2n) is 8.54. The van der Waals surface area contributed by atoms with Crippen molar-refractivity contribution in [1.29, 1.82) is 0 Å². The average molecular weight is 440 g/mol. The van der Waals surface area contributed by atoms with Gasteiger partial charge in [0.2, 0.25) is 11.8 Å². The molecule has 0 bridgehead atoms. The van der Waals surface area contributed by atoms with Gasteiger partial charge in [-0.3, -0.25) is 4.79 Å². The molecule has 2 atom stereocenters.